The predicted octanol–water partition coefficient (Wildman–Crippen LogP) is 3.82. The van der Waals surface area contributed by atoms with Crippen molar-refractivity contribution in [1.82, 2.24) is 14.7 Å². The third kappa shape index (κ3) is 2.34. The minimum absolute atomic E-state index is 0.0861. The van der Waals surface area contributed by atoms with E-state index in [0.717, 1.165) is 48.4 Å². The maximum Gasteiger partial charge on any atom is 0.226 e. The summed E-state index contributed by atoms with van der Waals surface area (Å²) >= 11 is 6.01. The predicted molar refractivity (Wildman–Crippen MR) is 92.7 cm³/mol. The molecular weight excluding hydrogens is 322 g/mol. The van der Waals surface area contributed by atoms with Crippen molar-refractivity contribution >= 4 is 23.2 Å². The molecule has 1 N–H and O–H groups in total. The number of imidazole rings is 1. The highest BCUT2D eigenvalue weighted by molar-refractivity contribution is 6.30. The van der Waals surface area contributed by atoms with Crippen LogP contribution in [-0.4, -0.2) is 15.3 Å². The lowest BCUT2D eigenvalue weighted by Crippen LogP contribution is -2.53. The molecule has 4 aliphatic rings. The maximum absolute atomic E-state index is 13.0. The van der Waals surface area contributed by atoms with E-state index in [9.17, 15) is 4.79 Å². The molecule has 6 rings (SSSR count). The van der Waals surface area contributed by atoms with Crippen LogP contribution in [0.15, 0.2) is 24.5 Å². The van der Waals surface area contributed by atoms with E-state index in [0.29, 0.717) is 11.6 Å². The minimum atomic E-state index is -0.0861. The highest BCUT2D eigenvalue weighted by Gasteiger charge is 2.54. The van der Waals surface area contributed by atoms with Crippen molar-refractivity contribution in [3.05, 3.63) is 35.2 Å². The number of carbonyl (C=O) groups is 1. The molecule has 2 aromatic rings. The first-order chi connectivity index (χ1) is 11.6. The van der Waals surface area contributed by atoms with Crippen molar-refractivity contribution in [3.8, 4) is 0 Å². The number of fused-ring (bicyclic) bond motifs is 1. The van der Waals surface area contributed by atoms with Crippen LogP contribution in [0.2, 0.25) is 5.02 Å². The fourth-order valence-corrected chi connectivity index (χ4v) is 6.00. The van der Waals surface area contributed by atoms with Gasteiger partial charge in [0.2, 0.25) is 5.91 Å². The van der Waals surface area contributed by atoms with Crippen LogP contribution in [0.3, 0.4) is 0 Å². The number of carbonyl (C=O) groups excluding carboxylic acids is 1. The first kappa shape index (κ1) is 14.8. The van der Waals surface area contributed by atoms with Gasteiger partial charge in [0.1, 0.15) is 5.65 Å². The number of hydrogen-bond acceptors (Lipinski definition) is 2. The molecule has 24 heavy (non-hydrogen) atoms. The van der Waals surface area contributed by atoms with E-state index in [-0.39, 0.29) is 11.3 Å². The number of hydrogen-bond donors (Lipinski definition) is 1. The van der Waals surface area contributed by atoms with E-state index in [2.05, 4.69) is 10.3 Å². The summed E-state index contributed by atoms with van der Waals surface area (Å²) in [4.78, 5) is 17.5. The van der Waals surface area contributed by atoms with Gasteiger partial charge in [-0.3, -0.25) is 4.79 Å². The zero-order valence-electron chi connectivity index (χ0n) is 13.7. The fourth-order valence-electron chi connectivity index (χ4n) is 5.84. The molecule has 0 radical (unpaired) electrons. The third-order valence-corrected chi connectivity index (χ3v) is 6.66. The lowest BCUT2D eigenvalue weighted by atomic mass is 9.49. The molecule has 0 saturated heterocycles. The fraction of sp³-hybridized carbons (Fsp3) is 0.579. The van der Waals surface area contributed by atoms with Gasteiger partial charge in [-0.15, -0.1) is 0 Å². The summed E-state index contributed by atoms with van der Waals surface area (Å²) in [5.41, 5.74) is 1.62. The van der Waals surface area contributed by atoms with Crippen LogP contribution in [0.5, 0.6) is 0 Å². The first-order valence-electron chi connectivity index (χ1n) is 9.01. The van der Waals surface area contributed by atoms with Crippen LogP contribution < -0.4 is 5.32 Å². The Morgan fingerprint density at radius 3 is 2.58 bits per heavy atom. The second-order valence-corrected chi connectivity index (χ2v) is 8.66. The third-order valence-electron chi connectivity index (χ3n) is 6.42. The van der Waals surface area contributed by atoms with E-state index < -0.39 is 0 Å². The van der Waals surface area contributed by atoms with E-state index in [1.165, 1.54) is 19.3 Å². The summed E-state index contributed by atoms with van der Waals surface area (Å²) in [6.45, 7) is 0.500. The molecule has 0 aromatic carbocycles. The SMILES string of the molecule is O=C(NCc1cn2ccc(Cl)cc2n1)C12CC3CC(CC(C3)C1)C2. The van der Waals surface area contributed by atoms with Crippen LogP contribution >= 0.6 is 11.6 Å². The molecule has 0 atom stereocenters. The lowest BCUT2D eigenvalue weighted by molar-refractivity contribution is -0.146. The molecule has 4 saturated carbocycles. The number of aromatic nitrogens is 2. The summed E-state index contributed by atoms with van der Waals surface area (Å²) < 4.78 is 1.94. The van der Waals surface area contributed by atoms with E-state index in [1.807, 2.05) is 28.9 Å². The van der Waals surface area contributed by atoms with E-state index in [4.69, 9.17) is 11.6 Å². The van der Waals surface area contributed by atoms with Gasteiger partial charge in [0, 0.05) is 22.8 Å². The van der Waals surface area contributed by atoms with Gasteiger partial charge in [0.05, 0.1) is 12.2 Å². The van der Waals surface area contributed by atoms with Crippen molar-refractivity contribution in [1.29, 1.82) is 0 Å². The average molecular weight is 344 g/mol. The average Bonchev–Trinajstić information content (AvgIpc) is 2.93. The molecule has 0 aliphatic heterocycles. The molecule has 4 fully saturated rings. The van der Waals surface area contributed by atoms with Gasteiger partial charge in [0.15, 0.2) is 0 Å². The second kappa shape index (κ2) is 5.22. The number of rotatable bonds is 3. The Morgan fingerprint density at radius 2 is 1.92 bits per heavy atom. The summed E-state index contributed by atoms with van der Waals surface area (Å²) in [5.74, 6) is 2.63. The van der Waals surface area contributed by atoms with Gasteiger partial charge < -0.3 is 9.72 Å². The molecule has 4 aliphatic carbocycles. The Hall–Kier alpha value is -1.55. The quantitative estimate of drug-likeness (QED) is 0.920. The van der Waals surface area contributed by atoms with Crippen LogP contribution in [0.4, 0.5) is 0 Å². The lowest BCUT2D eigenvalue weighted by Gasteiger charge is -2.55. The van der Waals surface area contributed by atoms with Gasteiger partial charge >= 0.3 is 0 Å². The summed E-state index contributed by atoms with van der Waals surface area (Å²) in [6, 6.07) is 3.68. The molecule has 5 heteroatoms. The molecule has 4 bridgehead atoms. The van der Waals surface area contributed by atoms with Crippen molar-refractivity contribution in [3.63, 3.8) is 0 Å². The number of pyridine rings is 1. The molecule has 126 valence electrons. The molecule has 2 heterocycles. The van der Waals surface area contributed by atoms with Crippen molar-refractivity contribution in [2.24, 2.45) is 23.2 Å². The van der Waals surface area contributed by atoms with Crippen molar-refractivity contribution < 1.29 is 4.79 Å². The van der Waals surface area contributed by atoms with Crippen LogP contribution in [-0.2, 0) is 11.3 Å². The molecule has 0 spiro atoms. The number of nitrogens with zero attached hydrogens (tertiary/aromatic N) is 2. The number of amides is 1. The highest BCUT2D eigenvalue weighted by atomic mass is 35.5. The zero-order valence-corrected chi connectivity index (χ0v) is 14.4. The van der Waals surface area contributed by atoms with Gasteiger partial charge in [-0.1, -0.05) is 11.6 Å². The molecule has 0 unspecified atom stereocenters. The van der Waals surface area contributed by atoms with Crippen LogP contribution in [0.25, 0.3) is 5.65 Å². The second-order valence-electron chi connectivity index (χ2n) is 8.22. The monoisotopic (exact) mass is 343 g/mol. The Bertz CT molecular complexity index is 777. The van der Waals surface area contributed by atoms with Crippen molar-refractivity contribution in [2.45, 2.75) is 45.1 Å². The standard InChI is InChI=1S/C19H22ClN3O/c20-15-1-2-23-11-16(22-17(23)6-15)10-21-18(24)19-7-12-3-13(8-19)5-14(4-12)9-19/h1-2,6,11-14H,3-5,7-10H2,(H,21,24). The first-order valence-corrected chi connectivity index (χ1v) is 9.39. The van der Waals surface area contributed by atoms with E-state index >= 15 is 0 Å². The number of halogens is 1. The molecular formula is C19H22ClN3O. The molecule has 4 nitrogen and oxygen atoms in total. The Balaban J connectivity index is 1.31. The molecule has 1 amide bonds. The number of nitrogens with one attached hydrogen (secondary N) is 1. The summed E-state index contributed by atoms with van der Waals surface area (Å²) in [7, 11) is 0. The Labute approximate surface area is 146 Å². The van der Waals surface area contributed by atoms with Gasteiger partial charge in [0.25, 0.3) is 0 Å². The highest BCUT2D eigenvalue weighted by Crippen LogP contribution is 2.60. The topological polar surface area (TPSA) is 46.4 Å². The minimum Gasteiger partial charge on any atom is -0.350 e. The normalized spacial score (nSPS) is 34.0. The Kier molecular flexibility index (Phi) is 3.21. The van der Waals surface area contributed by atoms with E-state index in [1.54, 1.807) is 0 Å². The van der Waals surface area contributed by atoms with Crippen molar-refractivity contribution in [2.75, 3.05) is 0 Å². The summed E-state index contributed by atoms with van der Waals surface area (Å²) in [6.07, 6.45) is 11.3. The van der Waals surface area contributed by atoms with Gasteiger partial charge in [-0.25, -0.2) is 4.98 Å². The van der Waals surface area contributed by atoms with Gasteiger partial charge in [-0.2, -0.15) is 0 Å². The van der Waals surface area contributed by atoms with Crippen LogP contribution in [0, 0.1) is 23.2 Å². The molecule has 2 aromatic heterocycles. The van der Waals surface area contributed by atoms with Gasteiger partial charge in [-0.05, 0) is 68.4 Å². The largest absolute Gasteiger partial charge is 0.350 e. The maximum atomic E-state index is 13.0. The smallest absolute Gasteiger partial charge is 0.226 e. The Morgan fingerprint density at radius 1 is 1.25 bits per heavy atom. The zero-order chi connectivity index (χ0) is 16.3. The summed E-state index contributed by atoms with van der Waals surface area (Å²) in [5, 5.41) is 3.86. The van der Waals surface area contributed by atoms with Crippen LogP contribution in [0.1, 0.15) is 44.2 Å².